The Morgan fingerprint density at radius 3 is 2.33 bits per heavy atom. The number of rotatable bonds is 3. The number of amides is 1. The van der Waals surface area contributed by atoms with Gasteiger partial charge in [0, 0.05) is 19.6 Å². The zero-order valence-electron chi connectivity index (χ0n) is 10.6. The molecule has 2 saturated heterocycles. The van der Waals surface area contributed by atoms with Crippen LogP contribution >= 0.6 is 0 Å². The summed E-state index contributed by atoms with van der Waals surface area (Å²) in [5.74, 6) is -1.21. The second-order valence-electron chi connectivity index (χ2n) is 5.15. The molecule has 2 rings (SSSR count). The molecule has 2 aliphatic rings. The van der Waals surface area contributed by atoms with E-state index >= 15 is 0 Å². The van der Waals surface area contributed by atoms with Gasteiger partial charge >= 0.3 is 13.0 Å². The molecule has 2 N–H and O–H groups in total. The number of likely N-dealkylation sites (tertiary alicyclic amines) is 1. The summed E-state index contributed by atoms with van der Waals surface area (Å²) in [5, 5.41) is 18.7. The van der Waals surface area contributed by atoms with Crippen molar-refractivity contribution in [1.82, 2.24) is 9.71 Å². The van der Waals surface area contributed by atoms with Gasteiger partial charge in [0.2, 0.25) is 5.91 Å². The van der Waals surface area contributed by atoms with Crippen molar-refractivity contribution in [3.8, 4) is 0 Å². The zero-order valence-corrected chi connectivity index (χ0v) is 10.6. The zero-order chi connectivity index (χ0) is 13.3. The molecule has 7 heteroatoms. The molecule has 2 aliphatic heterocycles. The van der Waals surface area contributed by atoms with Crippen LogP contribution in [0.4, 0.5) is 0 Å². The van der Waals surface area contributed by atoms with Gasteiger partial charge in [-0.15, -0.1) is 0 Å². The van der Waals surface area contributed by atoms with Crippen molar-refractivity contribution in [2.24, 2.45) is 5.92 Å². The topological polar surface area (TPSA) is 81.1 Å². The van der Waals surface area contributed by atoms with Gasteiger partial charge in [-0.25, -0.2) is 0 Å². The highest BCUT2D eigenvalue weighted by Crippen LogP contribution is 2.27. The Hall–Kier alpha value is -1.08. The minimum atomic E-state index is -0.965. The number of carbonyl (C=O) groups excluding carboxylic acids is 1. The number of carboxylic acids is 1. The lowest BCUT2D eigenvalue weighted by Crippen LogP contribution is -2.45. The van der Waals surface area contributed by atoms with Crippen molar-refractivity contribution < 1.29 is 19.7 Å². The van der Waals surface area contributed by atoms with Crippen LogP contribution in [0.25, 0.3) is 0 Å². The summed E-state index contributed by atoms with van der Waals surface area (Å²) in [6.45, 7) is 3.44. The predicted molar refractivity (Wildman–Crippen MR) is 65.9 cm³/mol. The molecule has 0 spiro atoms. The Morgan fingerprint density at radius 1 is 1.28 bits per heavy atom. The second kappa shape index (κ2) is 5.28. The van der Waals surface area contributed by atoms with Gasteiger partial charge < -0.3 is 19.8 Å². The fourth-order valence-electron chi connectivity index (χ4n) is 2.89. The quantitative estimate of drug-likeness (QED) is 0.663. The van der Waals surface area contributed by atoms with E-state index in [1.807, 2.05) is 4.90 Å². The highest BCUT2D eigenvalue weighted by Gasteiger charge is 2.44. The maximum Gasteiger partial charge on any atom is 0.377 e. The average molecular weight is 254 g/mol. The third-order valence-electron chi connectivity index (χ3n) is 3.87. The van der Waals surface area contributed by atoms with Crippen molar-refractivity contribution in [3.63, 3.8) is 0 Å². The van der Waals surface area contributed by atoms with Crippen LogP contribution in [0.2, 0.25) is 6.82 Å². The lowest BCUT2D eigenvalue weighted by molar-refractivity contribution is -0.141. The summed E-state index contributed by atoms with van der Waals surface area (Å²) < 4.78 is 0. The molecule has 1 amide bonds. The Morgan fingerprint density at radius 2 is 1.89 bits per heavy atom. The molecular weight excluding hydrogens is 235 g/mol. The summed E-state index contributed by atoms with van der Waals surface area (Å²) >= 11 is 0. The summed E-state index contributed by atoms with van der Waals surface area (Å²) in [6, 6.07) is -0.749. The van der Waals surface area contributed by atoms with Gasteiger partial charge in [0.15, 0.2) is 0 Å². The first kappa shape index (κ1) is 13.4. The Bertz CT molecular complexity index is 344. The van der Waals surface area contributed by atoms with E-state index in [2.05, 4.69) is 0 Å². The van der Waals surface area contributed by atoms with E-state index in [-0.39, 0.29) is 11.8 Å². The normalized spacial score (nSPS) is 28.7. The van der Waals surface area contributed by atoms with Crippen LogP contribution in [0.15, 0.2) is 0 Å². The number of nitrogens with zero attached hydrogens (tertiary/aromatic N) is 2. The maximum absolute atomic E-state index is 12.2. The second-order valence-corrected chi connectivity index (χ2v) is 5.15. The predicted octanol–water partition coefficient (Wildman–Crippen LogP) is -0.506. The monoisotopic (exact) mass is 254 g/mol. The molecule has 100 valence electrons. The molecule has 0 saturated carbocycles. The molecule has 0 radical (unpaired) electrons. The van der Waals surface area contributed by atoms with Crippen LogP contribution in [0, 0.1) is 5.92 Å². The standard InChI is InChI=1S/C11H19BN2O4/c1-12(18)14-7-8(6-9(14)11(16)17)10(15)13-4-2-3-5-13/h8-9,18H,2-7H2,1H3,(H,16,17)/t8-,9-/m1/s1. The molecule has 0 aromatic carbocycles. The summed E-state index contributed by atoms with van der Waals surface area (Å²) in [5.41, 5.74) is 0. The molecule has 18 heavy (non-hydrogen) atoms. The summed E-state index contributed by atoms with van der Waals surface area (Å²) in [6.07, 6.45) is 2.36. The van der Waals surface area contributed by atoms with Crippen LogP contribution in [-0.4, -0.2) is 64.4 Å². The van der Waals surface area contributed by atoms with E-state index in [9.17, 15) is 14.6 Å². The molecule has 0 aromatic heterocycles. The third-order valence-corrected chi connectivity index (χ3v) is 3.87. The molecule has 0 unspecified atom stereocenters. The lowest BCUT2D eigenvalue weighted by atomic mass is 9.84. The first-order chi connectivity index (χ1) is 8.50. The first-order valence-electron chi connectivity index (χ1n) is 6.46. The van der Waals surface area contributed by atoms with Crippen LogP contribution in [0.1, 0.15) is 19.3 Å². The highest BCUT2D eigenvalue weighted by molar-refractivity contribution is 6.45. The summed E-state index contributed by atoms with van der Waals surface area (Å²) in [4.78, 5) is 26.6. The van der Waals surface area contributed by atoms with Crippen molar-refractivity contribution in [3.05, 3.63) is 0 Å². The van der Waals surface area contributed by atoms with Crippen molar-refractivity contribution in [2.45, 2.75) is 32.1 Å². The summed E-state index contributed by atoms with van der Waals surface area (Å²) in [7, 11) is -0.831. The van der Waals surface area contributed by atoms with E-state index in [1.165, 1.54) is 4.81 Å². The minimum absolute atomic E-state index is 0.0434. The van der Waals surface area contributed by atoms with E-state index in [0.29, 0.717) is 13.0 Å². The Kier molecular flexibility index (Phi) is 3.92. The van der Waals surface area contributed by atoms with Gasteiger partial charge in [-0.2, -0.15) is 0 Å². The third kappa shape index (κ3) is 2.51. The molecule has 2 fully saturated rings. The number of hydrogen-bond acceptors (Lipinski definition) is 4. The lowest BCUT2D eigenvalue weighted by Gasteiger charge is -2.22. The Labute approximate surface area is 107 Å². The number of aliphatic carboxylic acids is 1. The molecule has 2 atom stereocenters. The fourth-order valence-corrected chi connectivity index (χ4v) is 2.89. The van der Waals surface area contributed by atoms with Gasteiger partial charge in [0.25, 0.3) is 0 Å². The van der Waals surface area contributed by atoms with E-state index in [4.69, 9.17) is 5.11 Å². The average Bonchev–Trinajstić information content (AvgIpc) is 2.97. The highest BCUT2D eigenvalue weighted by atomic mass is 16.4. The van der Waals surface area contributed by atoms with E-state index in [0.717, 1.165) is 25.9 Å². The van der Waals surface area contributed by atoms with Gasteiger partial charge in [0.1, 0.15) is 6.04 Å². The molecule has 2 heterocycles. The van der Waals surface area contributed by atoms with Crippen LogP contribution in [-0.2, 0) is 9.59 Å². The number of carboxylic acid groups (broad SMARTS) is 1. The van der Waals surface area contributed by atoms with Crippen molar-refractivity contribution in [1.29, 1.82) is 0 Å². The Balaban J connectivity index is 2.03. The molecule has 0 bridgehead atoms. The molecule has 0 aliphatic carbocycles. The van der Waals surface area contributed by atoms with Gasteiger partial charge in [0.05, 0.1) is 5.92 Å². The van der Waals surface area contributed by atoms with Gasteiger partial charge in [-0.1, -0.05) is 0 Å². The largest absolute Gasteiger partial charge is 0.480 e. The maximum atomic E-state index is 12.2. The molecule has 0 aromatic rings. The molecule has 6 nitrogen and oxygen atoms in total. The number of hydrogen-bond donors (Lipinski definition) is 2. The molecular formula is C11H19BN2O4. The number of carbonyl (C=O) groups is 2. The van der Waals surface area contributed by atoms with Gasteiger partial charge in [-0.05, 0) is 26.1 Å². The van der Waals surface area contributed by atoms with Crippen LogP contribution < -0.4 is 0 Å². The minimum Gasteiger partial charge on any atom is -0.480 e. The smallest absolute Gasteiger partial charge is 0.377 e. The van der Waals surface area contributed by atoms with E-state index < -0.39 is 19.1 Å². The van der Waals surface area contributed by atoms with Crippen molar-refractivity contribution >= 4 is 18.9 Å². The first-order valence-corrected chi connectivity index (χ1v) is 6.46. The SMILES string of the molecule is CB(O)N1C[C@H](C(=O)N2CCCC2)C[C@@H]1C(=O)O. The fraction of sp³-hybridized carbons (Fsp3) is 0.818. The van der Waals surface area contributed by atoms with E-state index in [1.54, 1.807) is 6.82 Å². The van der Waals surface area contributed by atoms with Crippen molar-refractivity contribution in [2.75, 3.05) is 19.6 Å². The van der Waals surface area contributed by atoms with Crippen LogP contribution in [0.5, 0.6) is 0 Å². The van der Waals surface area contributed by atoms with Gasteiger partial charge in [-0.3, -0.25) is 9.59 Å². The van der Waals surface area contributed by atoms with Crippen LogP contribution in [0.3, 0.4) is 0 Å².